The van der Waals surface area contributed by atoms with Crippen LogP contribution < -0.4 is 35.6 Å². The maximum Gasteiger partial charge on any atom is 0.313 e. The first kappa shape index (κ1) is 29.8. The van der Waals surface area contributed by atoms with E-state index < -0.39 is 17.6 Å². The van der Waals surface area contributed by atoms with Crippen molar-refractivity contribution >= 4 is 41.7 Å². The first-order chi connectivity index (χ1) is 20.9. The number of anilines is 1. The molecule has 3 aromatic carbocycles. The number of ether oxygens (including phenoxy) is 3. The summed E-state index contributed by atoms with van der Waals surface area (Å²) in [5, 5.41) is 9.00. The van der Waals surface area contributed by atoms with Crippen molar-refractivity contribution in [2.45, 2.75) is 19.3 Å². The van der Waals surface area contributed by atoms with Crippen molar-refractivity contribution in [3.8, 4) is 23.0 Å². The Kier molecular flexibility index (Phi) is 9.73. The minimum atomic E-state index is -0.886. The summed E-state index contributed by atoms with van der Waals surface area (Å²) >= 11 is 0. The molecule has 0 atom stereocenters. The van der Waals surface area contributed by atoms with E-state index in [0.29, 0.717) is 53.6 Å². The van der Waals surface area contributed by atoms with Crippen LogP contribution in [0.25, 0.3) is 10.9 Å². The highest BCUT2D eigenvalue weighted by atomic mass is 19.1. The normalized spacial score (nSPS) is 13.3. The monoisotopic (exact) mass is 584 g/mol. The molecule has 5 rings (SSSR count). The Balaban J connectivity index is 1.22. The van der Waals surface area contributed by atoms with Gasteiger partial charge in [0, 0.05) is 35.9 Å². The summed E-state index contributed by atoms with van der Waals surface area (Å²) in [5.74, 6) is -0.502. The predicted molar refractivity (Wildman–Crippen MR) is 166 cm³/mol. The van der Waals surface area contributed by atoms with Crippen LogP contribution >= 0.6 is 0 Å². The highest BCUT2D eigenvalue weighted by Crippen LogP contribution is 2.38. The highest BCUT2D eigenvalue weighted by molar-refractivity contribution is 6.39. The number of carbonyl (C=O) groups is 2. The molecule has 1 fully saturated rings. The Morgan fingerprint density at radius 2 is 1.81 bits per heavy atom. The Hall–Kier alpha value is -4.64. The molecule has 2 amide bonds. The van der Waals surface area contributed by atoms with Gasteiger partial charge in [-0.25, -0.2) is 4.39 Å². The van der Waals surface area contributed by atoms with Crippen LogP contribution in [-0.2, 0) is 16.0 Å². The molecule has 4 aromatic rings. The quantitative estimate of drug-likeness (QED) is 0.194. The molecule has 0 bridgehead atoms. The summed E-state index contributed by atoms with van der Waals surface area (Å²) in [7, 11) is 3.55. The number of carbonyl (C=O) groups excluding carboxylic acids is 2. The molecule has 0 spiro atoms. The molecule has 9 nitrogen and oxygen atoms in total. The molecular weight excluding hydrogens is 550 g/mol. The molecule has 0 aliphatic carbocycles. The largest absolute Gasteiger partial charge is 0.493 e. The van der Waals surface area contributed by atoms with Gasteiger partial charge in [-0.3, -0.25) is 14.6 Å². The number of hydrogen-bond acceptors (Lipinski definition) is 7. The fraction of sp³-hybridized carbons (Fsp3) is 0.281. The van der Waals surface area contributed by atoms with Crippen molar-refractivity contribution in [1.82, 2.24) is 15.6 Å². The van der Waals surface area contributed by atoms with Crippen LogP contribution in [-0.4, -0.2) is 58.0 Å². The summed E-state index contributed by atoms with van der Waals surface area (Å²) in [5.41, 5.74) is 2.93. The fourth-order valence-electron chi connectivity index (χ4n) is 5.00. The number of hydrogen-bond donors (Lipinski definition) is 3. The van der Waals surface area contributed by atoms with Gasteiger partial charge in [-0.1, -0.05) is 35.3 Å². The van der Waals surface area contributed by atoms with E-state index in [1.807, 2.05) is 32.1 Å². The number of rotatable bonds is 10. The van der Waals surface area contributed by atoms with Crippen LogP contribution in [0.3, 0.4) is 0 Å². The third-order valence-electron chi connectivity index (χ3n) is 7.48. The van der Waals surface area contributed by atoms with Gasteiger partial charge in [0.15, 0.2) is 23.1 Å². The first-order valence-corrected chi connectivity index (χ1v) is 14.3. The Labute approximate surface area is 250 Å². The van der Waals surface area contributed by atoms with E-state index in [0.717, 1.165) is 43.0 Å². The molecule has 1 aromatic heterocycles. The molecule has 11 heteroatoms. The van der Waals surface area contributed by atoms with Gasteiger partial charge in [-0.15, -0.1) is 0 Å². The molecule has 222 valence electrons. The number of nitrogens with zero attached hydrogens (tertiary/aromatic N) is 1. The summed E-state index contributed by atoms with van der Waals surface area (Å²) < 4.78 is 32.7. The van der Waals surface area contributed by atoms with E-state index in [-0.39, 0.29) is 11.4 Å². The van der Waals surface area contributed by atoms with Gasteiger partial charge in [0.2, 0.25) is 0 Å². The standard InChI is InChI=1S/C32H34BFN4O5/c1-41-29-17-23-26(18-30(29)42-19-20-8-12-35-13-9-20)36-15-11-27(23)43-28-7-6-22(16-25(28)34)38-32(40)31(39)37-14-10-21-4-2-3-5-24(21)33/h2-7,11,15-18,20,35H,8-10,12-14,19,33H2,1H3,(H,37,39)(H,38,40). The molecule has 3 N–H and O–H groups in total. The number of halogens is 1. The van der Waals surface area contributed by atoms with Gasteiger partial charge < -0.3 is 30.2 Å². The number of fused-ring (bicyclic) bond motifs is 1. The number of methoxy groups -OCH3 is 1. The second kappa shape index (κ2) is 14.0. The molecule has 0 unspecified atom stereocenters. The van der Waals surface area contributed by atoms with Crippen LogP contribution in [0.1, 0.15) is 18.4 Å². The summed E-state index contributed by atoms with van der Waals surface area (Å²) in [6.45, 7) is 2.86. The molecule has 0 saturated carbocycles. The van der Waals surface area contributed by atoms with Gasteiger partial charge >= 0.3 is 11.8 Å². The molecule has 2 heterocycles. The van der Waals surface area contributed by atoms with Crippen molar-refractivity contribution < 1.29 is 28.2 Å². The van der Waals surface area contributed by atoms with Gasteiger partial charge in [0.05, 0.1) is 19.2 Å². The van der Waals surface area contributed by atoms with Crippen molar-refractivity contribution in [2.75, 3.05) is 38.7 Å². The van der Waals surface area contributed by atoms with Gasteiger partial charge in [-0.2, -0.15) is 0 Å². The van der Waals surface area contributed by atoms with Crippen LogP contribution in [0, 0.1) is 11.7 Å². The lowest BCUT2D eigenvalue weighted by molar-refractivity contribution is -0.136. The number of aromatic nitrogens is 1. The van der Waals surface area contributed by atoms with E-state index in [9.17, 15) is 9.59 Å². The average Bonchev–Trinajstić information content (AvgIpc) is 3.02. The SMILES string of the molecule is Bc1ccccc1CCNC(=O)C(=O)Nc1ccc(Oc2ccnc3cc(OCC4CCNCC4)c(OC)cc23)c(F)c1. The van der Waals surface area contributed by atoms with Gasteiger partial charge in [0.1, 0.15) is 13.6 Å². The Bertz CT molecular complexity index is 1610. The predicted octanol–water partition coefficient (Wildman–Crippen LogP) is 3.11. The summed E-state index contributed by atoms with van der Waals surface area (Å²) in [6, 6.07) is 17.0. The van der Waals surface area contributed by atoms with E-state index in [4.69, 9.17) is 14.2 Å². The van der Waals surface area contributed by atoms with Crippen LogP contribution in [0.5, 0.6) is 23.0 Å². The van der Waals surface area contributed by atoms with Gasteiger partial charge in [-0.05, 0) is 62.5 Å². The second-order valence-corrected chi connectivity index (χ2v) is 10.5. The zero-order valence-corrected chi connectivity index (χ0v) is 24.2. The topological polar surface area (TPSA) is 111 Å². The minimum Gasteiger partial charge on any atom is -0.493 e. The van der Waals surface area contributed by atoms with E-state index in [1.165, 1.54) is 12.1 Å². The van der Waals surface area contributed by atoms with Crippen LogP contribution in [0.2, 0.25) is 0 Å². The number of benzene rings is 3. The number of piperidine rings is 1. The number of nitrogens with one attached hydrogen (secondary N) is 3. The second-order valence-electron chi connectivity index (χ2n) is 10.5. The van der Waals surface area contributed by atoms with Crippen molar-refractivity contribution in [1.29, 1.82) is 0 Å². The number of amides is 2. The fourth-order valence-corrected chi connectivity index (χ4v) is 5.00. The Morgan fingerprint density at radius 1 is 1.00 bits per heavy atom. The highest BCUT2D eigenvalue weighted by Gasteiger charge is 2.18. The van der Waals surface area contributed by atoms with E-state index in [2.05, 4.69) is 20.9 Å². The number of pyridine rings is 1. The van der Waals surface area contributed by atoms with Crippen molar-refractivity contribution in [3.63, 3.8) is 0 Å². The van der Waals surface area contributed by atoms with Crippen molar-refractivity contribution in [2.24, 2.45) is 5.92 Å². The van der Waals surface area contributed by atoms with Gasteiger partial charge in [0.25, 0.3) is 0 Å². The maximum atomic E-state index is 15.1. The Morgan fingerprint density at radius 3 is 2.58 bits per heavy atom. The molecular formula is C32H34BFN4O5. The minimum absolute atomic E-state index is 0.0571. The third kappa shape index (κ3) is 7.61. The molecule has 1 aliphatic rings. The maximum absolute atomic E-state index is 15.1. The van der Waals surface area contributed by atoms with Crippen LogP contribution in [0.4, 0.5) is 10.1 Å². The summed E-state index contributed by atoms with van der Waals surface area (Å²) in [4.78, 5) is 29.1. The lowest BCUT2D eigenvalue weighted by Gasteiger charge is -2.23. The molecule has 43 heavy (non-hydrogen) atoms. The molecule has 0 radical (unpaired) electrons. The lowest BCUT2D eigenvalue weighted by atomic mass is 9.89. The third-order valence-corrected chi connectivity index (χ3v) is 7.48. The first-order valence-electron chi connectivity index (χ1n) is 14.3. The lowest BCUT2D eigenvalue weighted by Crippen LogP contribution is -2.36. The smallest absolute Gasteiger partial charge is 0.313 e. The zero-order chi connectivity index (χ0) is 30.2. The zero-order valence-electron chi connectivity index (χ0n) is 24.2. The summed E-state index contributed by atoms with van der Waals surface area (Å²) in [6.07, 6.45) is 4.28. The average molecular weight is 584 g/mol. The molecule has 1 aliphatic heterocycles. The van der Waals surface area contributed by atoms with E-state index >= 15 is 4.39 Å². The van der Waals surface area contributed by atoms with E-state index in [1.54, 1.807) is 31.5 Å². The van der Waals surface area contributed by atoms with Crippen LogP contribution in [0.15, 0.2) is 66.9 Å². The van der Waals surface area contributed by atoms with Crippen molar-refractivity contribution in [3.05, 3.63) is 78.2 Å². The molecule has 1 saturated heterocycles.